The summed E-state index contributed by atoms with van der Waals surface area (Å²) in [6, 6.07) is 1.20. The molecule has 0 saturated carbocycles. The first-order valence-corrected chi connectivity index (χ1v) is 8.23. The number of piperidine rings is 1. The molecular weight excluding hydrogens is 252 g/mol. The molecule has 3 saturated heterocycles. The number of rotatable bonds is 1. The molecule has 1 amide bonds. The highest BCUT2D eigenvalue weighted by atomic mass is 16.5. The van der Waals surface area contributed by atoms with E-state index in [1.807, 2.05) is 7.05 Å². The Morgan fingerprint density at radius 3 is 2.70 bits per heavy atom. The van der Waals surface area contributed by atoms with Crippen LogP contribution in [0.15, 0.2) is 0 Å². The number of fused-ring (bicyclic) bond motifs is 1. The second-order valence-corrected chi connectivity index (χ2v) is 6.90. The zero-order chi connectivity index (χ0) is 14.2. The first-order chi connectivity index (χ1) is 9.63. The predicted molar refractivity (Wildman–Crippen MR) is 78.6 cm³/mol. The third-order valence-corrected chi connectivity index (χ3v) is 5.90. The highest BCUT2D eigenvalue weighted by Crippen LogP contribution is 2.39. The maximum Gasteiger partial charge on any atom is 0.222 e. The molecule has 0 aromatic rings. The largest absolute Gasteiger partial charge is 0.381 e. The Kier molecular flexibility index (Phi) is 4.04. The molecule has 0 bridgehead atoms. The lowest BCUT2D eigenvalue weighted by atomic mass is 9.79. The van der Waals surface area contributed by atoms with Gasteiger partial charge in [-0.25, -0.2) is 0 Å². The molecule has 4 nitrogen and oxygen atoms in total. The molecule has 3 heterocycles. The van der Waals surface area contributed by atoms with Crippen LogP contribution in [0.2, 0.25) is 0 Å². The van der Waals surface area contributed by atoms with Crippen LogP contribution in [0, 0.1) is 0 Å². The molecule has 0 aromatic heterocycles. The minimum atomic E-state index is 0.0319. The van der Waals surface area contributed by atoms with Crippen LogP contribution in [0.25, 0.3) is 0 Å². The number of amides is 1. The topological polar surface area (TPSA) is 32.8 Å². The van der Waals surface area contributed by atoms with Gasteiger partial charge >= 0.3 is 0 Å². The summed E-state index contributed by atoms with van der Waals surface area (Å²) in [5.74, 6) is 0.331. The van der Waals surface area contributed by atoms with Gasteiger partial charge in [-0.2, -0.15) is 0 Å². The molecule has 3 rings (SSSR count). The molecule has 3 fully saturated rings. The number of hydrogen-bond donors (Lipinski definition) is 0. The molecule has 3 aliphatic rings. The van der Waals surface area contributed by atoms with E-state index in [4.69, 9.17) is 4.74 Å². The Labute approximate surface area is 122 Å². The third-order valence-electron chi connectivity index (χ3n) is 5.90. The highest BCUT2D eigenvalue weighted by Gasteiger charge is 2.48. The van der Waals surface area contributed by atoms with Gasteiger partial charge in [0.25, 0.3) is 0 Å². The van der Waals surface area contributed by atoms with Gasteiger partial charge in [0, 0.05) is 38.8 Å². The lowest BCUT2D eigenvalue weighted by molar-refractivity contribution is -0.145. The van der Waals surface area contributed by atoms with E-state index in [1.54, 1.807) is 0 Å². The maximum atomic E-state index is 12.1. The number of carbonyl (C=O) groups is 1. The van der Waals surface area contributed by atoms with Crippen LogP contribution in [-0.2, 0) is 9.53 Å². The van der Waals surface area contributed by atoms with E-state index in [0.29, 0.717) is 18.0 Å². The summed E-state index contributed by atoms with van der Waals surface area (Å²) in [5, 5.41) is 0. The summed E-state index contributed by atoms with van der Waals surface area (Å²) < 4.78 is 5.53. The molecular formula is C16H28N2O2. The van der Waals surface area contributed by atoms with Crippen molar-refractivity contribution >= 4 is 5.91 Å². The molecule has 0 aliphatic carbocycles. The SMILES string of the molecule is CN1C(=O)CC[C@@H]2N(C3CCOCC3)CCCC[C@@]21C. The Morgan fingerprint density at radius 1 is 1.20 bits per heavy atom. The Hall–Kier alpha value is -0.610. The molecule has 114 valence electrons. The van der Waals surface area contributed by atoms with Crippen LogP contribution in [0.1, 0.15) is 51.9 Å². The normalized spacial score (nSPS) is 37.6. The molecule has 0 unspecified atom stereocenters. The van der Waals surface area contributed by atoms with Crippen molar-refractivity contribution in [1.82, 2.24) is 9.80 Å². The van der Waals surface area contributed by atoms with Gasteiger partial charge in [0.2, 0.25) is 5.91 Å². The predicted octanol–water partition coefficient (Wildman–Crippen LogP) is 2.03. The molecule has 0 aromatic carbocycles. The Balaban J connectivity index is 1.85. The second kappa shape index (κ2) is 5.64. The van der Waals surface area contributed by atoms with Crippen LogP contribution in [0.4, 0.5) is 0 Å². The Bertz CT molecular complexity index is 367. The van der Waals surface area contributed by atoms with E-state index in [9.17, 15) is 4.79 Å². The van der Waals surface area contributed by atoms with Crippen LogP contribution < -0.4 is 0 Å². The van der Waals surface area contributed by atoms with E-state index in [2.05, 4.69) is 16.7 Å². The standard InChI is InChI=1S/C16H28N2O2/c1-16-9-3-4-10-18(13-7-11-20-12-8-13)14(16)5-6-15(19)17(16)2/h13-14H,3-12H2,1-2H3/t14-,16-/m0/s1. The van der Waals surface area contributed by atoms with Crippen LogP contribution in [0.5, 0.6) is 0 Å². The van der Waals surface area contributed by atoms with Crippen molar-refractivity contribution in [1.29, 1.82) is 0 Å². The van der Waals surface area contributed by atoms with Crippen molar-refractivity contribution in [3.63, 3.8) is 0 Å². The smallest absolute Gasteiger partial charge is 0.222 e. The molecule has 4 heteroatoms. The number of likely N-dealkylation sites (N-methyl/N-ethyl adjacent to an activating group) is 1. The number of likely N-dealkylation sites (tertiary alicyclic amines) is 2. The fraction of sp³-hybridized carbons (Fsp3) is 0.938. The molecule has 3 aliphatic heterocycles. The van der Waals surface area contributed by atoms with Crippen molar-refractivity contribution in [3.8, 4) is 0 Å². The average molecular weight is 280 g/mol. The van der Waals surface area contributed by atoms with Crippen molar-refractivity contribution < 1.29 is 9.53 Å². The third kappa shape index (κ3) is 2.37. The molecule has 20 heavy (non-hydrogen) atoms. The number of hydrogen-bond acceptors (Lipinski definition) is 3. The zero-order valence-corrected chi connectivity index (χ0v) is 12.9. The fourth-order valence-electron chi connectivity index (χ4n) is 4.49. The molecule has 0 radical (unpaired) electrons. The van der Waals surface area contributed by atoms with Gasteiger partial charge in [-0.3, -0.25) is 9.69 Å². The maximum absolute atomic E-state index is 12.1. The van der Waals surface area contributed by atoms with Crippen molar-refractivity contribution in [2.45, 2.75) is 69.5 Å². The molecule has 0 spiro atoms. The summed E-state index contributed by atoms with van der Waals surface area (Å²) in [6.07, 6.45) is 7.73. The van der Waals surface area contributed by atoms with Gasteiger partial charge < -0.3 is 9.64 Å². The number of nitrogens with zero attached hydrogens (tertiary/aromatic N) is 2. The van der Waals surface area contributed by atoms with Crippen molar-refractivity contribution in [2.75, 3.05) is 26.8 Å². The first-order valence-electron chi connectivity index (χ1n) is 8.23. The van der Waals surface area contributed by atoms with Crippen LogP contribution in [0.3, 0.4) is 0 Å². The van der Waals surface area contributed by atoms with E-state index in [1.165, 1.54) is 19.4 Å². The highest BCUT2D eigenvalue weighted by molar-refractivity contribution is 5.78. The van der Waals surface area contributed by atoms with E-state index in [0.717, 1.165) is 45.3 Å². The van der Waals surface area contributed by atoms with Gasteiger partial charge in [0.1, 0.15) is 0 Å². The lowest BCUT2D eigenvalue weighted by Crippen LogP contribution is -2.65. The van der Waals surface area contributed by atoms with Gasteiger partial charge in [-0.05, 0) is 52.0 Å². The summed E-state index contributed by atoms with van der Waals surface area (Å²) >= 11 is 0. The summed E-state index contributed by atoms with van der Waals surface area (Å²) in [4.78, 5) is 16.9. The lowest BCUT2D eigenvalue weighted by Gasteiger charge is -2.53. The minimum absolute atomic E-state index is 0.0319. The van der Waals surface area contributed by atoms with Crippen molar-refractivity contribution in [3.05, 3.63) is 0 Å². The van der Waals surface area contributed by atoms with E-state index < -0.39 is 0 Å². The van der Waals surface area contributed by atoms with E-state index >= 15 is 0 Å². The quantitative estimate of drug-likeness (QED) is 0.737. The summed E-state index contributed by atoms with van der Waals surface area (Å²) in [6.45, 7) is 5.32. The molecule has 2 atom stereocenters. The second-order valence-electron chi connectivity index (χ2n) is 6.90. The van der Waals surface area contributed by atoms with Gasteiger partial charge in [0.15, 0.2) is 0 Å². The molecule has 0 N–H and O–H groups in total. The van der Waals surface area contributed by atoms with Crippen LogP contribution >= 0.6 is 0 Å². The van der Waals surface area contributed by atoms with E-state index in [-0.39, 0.29) is 5.54 Å². The van der Waals surface area contributed by atoms with Gasteiger partial charge in [0.05, 0.1) is 5.54 Å². The van der Waals surface area contributed by atoms with Crippen LogP contribution in [-0.4, -0.2) is 60.1 Å². The summed E-state index contributed by atoms with van der Waals surface area (Å²) in [7, 11) is 2.02. The monoisotopic (exact) mass is 280 g/mol. The average Bonchev–Trinajstić information content (AvgIpc) is 2.64. The van der Waals surface area contributed by atoms with Gasteiger partial charge in [-0.15, -0.1) is 0 Å². The first kappa shape index (κ1) is 14.3. The number of ether oxygens (including phenoxy) is 1. The fourth-order valence-corrected chi connectivity index (χ4v) is 4.49. The zero-order valence-electron chi connectivity index (χ0n) is 12.9. The van der Waals surface area contributed by atoms with Gasteiger partial charge in [-0.1, -0.05) is 0 Å². The Morgan fingerprint density at radius 2 is 1.95 bits per heavy atom. The summed E-state index contributed by atoms with van der Waals surface area (Å²) in [5.41, 5.74) is 0.0319. The minimum Gasteiger partial charge on any atom is -0.381 e. The number of carbonyl (C=O) groups excluding carboxylic acids is 1. The van der Waals surface area contributed by atoms with Crippen molar-refractivity contribution in [2.24, 2.45) is 0 Å².